The third-order valence-corrected chi connectivity index (χ3v) is 6.47. The number of hydrogen-bond donors (Lipinski definition) is 0. The molecule has 0 unspecified atom stereocenters. The highest BCUT2D eigenvalue weighted by molar-refractivity contribution is 5.93. The van der Waals surface area contributed by atoms with E-state index < -0.39 is 0 Å². The third kappa shape index (κ3) is 4.02. The van der Waals surface area contributed by atoms with Crippen LogP contribution in [0.15, 0.2) is 85.5 Å². The molecule has 0 saturated carbocycles. The molecule has 2 aliphatic heterocycles. The summed E-state index contributed by atoms with van der Waals surface area (Å²) in [6.45, 7) is 1.38. The molecule has 0 radical (unpaired) electrons. The Labute approximate surface area is 201 Å². The van der Waals surface area contributed by atoms with Gasteiger partial charge < -0.3 is 4.74 Å². The largest absolute Gasteiger partial charge is 0.493 e. The number of fused-ring (bicyclic) bond motifs is 3. The number of ether oxygens (including phenoxy) is 1. The van der Waals surface area contributed by atoms with E-state index in [0.29, 0.717) is 36.8 Å². The molecule has 2 aliphatic rings. The predicted octanol–water partition coefficient (Wildman–Crippen LogP) is 4.30. The number of carbonyl (C=O) groups excluding carboxylic acids is 1. The summed E-state index contributed by atoms with van der Waals surface area (Å²) in [5, 5.41) is 3.85. The van der Waals surface area contributed by atoms with Gasteiger partial charge in [-0.2, -0.15) is 0 Å². The Balaban J connectivity index is 1.39. The first kappa shape index (κ1) is 21.4. The minimum atomic E-state index is -0.342. The van der Waals surface area contributed by atoms with Crippen molar-refractivity contribution in [3.63, 3.8) is 0 Å². The third-order valence-electron chi connectivity index (χ3n) is 6.47. The molecule has 2 aromatic heterocycles. The van der Waals surface area contributed by atoms with E-state index in [4.69, 9.17) is 4.74 Å². The van der Waals surface area contributed by atoms with Crippen LogP contribution in [0, 0.1) is 11.7 Å². The highest BCUT2D eigenvalue weighted by Gasteiger charge is 2.46. The van der Waals surface area contributed by atoms with Gasteiger partial charge in [-0.15, -0.1) is 0 Å². The van der Waals surface area contributed by atoms with Gasteiger partial charge in [0.15, 0.2) is 5.82 Å². The number of aromatic nitrogens is 3. The number of nitrogens with zero attached hydrogens (tertiary/aromatic N) is 5. The van der Waals surface area contributed by atoms with Gasteiger partial charge in [-0.25, -0.2) is 19.4 Å². The Kier molecular flexibility index (Phi) is 5.42. The smallest absolute Gasteiger partial charge is 0.269 e. The van der Waals surface area contributed by atoms with Gasteiger partial charge in [0.1, 0.15) is 11.6 Å². The van der Waals surface area contributed by atoms with E-state index in [0.717, 1.165) is 16.7 Å². The highest BCUT2D eigenvalue weighted by atomic mass is 19.1. The number of hydrogen-bond acceptors (Lipinski definition) is 6. The second-order valence-electron chi connectivity index (χ2n) is 8.70. The highest BCUT2D eigenvalue weighted by Crippen LogP contribution is 2.45. The summed E-state index contributed by atoms with van der Waals surface area (Å²) in [4.78, 5) is 26.4. The van der Waals surface area contributed by atoms with Crippen molar-refractivity contribution in [1.29, 1.82) is 0 Å². The Morgan fingerprint density at radius 3 is 2.74 bits per heavy atom. The van der Waals surface area contributed by atoms with E-state index in [1.54, 1.807) is 54.1 Å². The Bertz CT molecular complexity index is 1370. The van der Waals surface area contributed by atoms with Gasteiger partial charge in [0.2, 0.25) is 0 Å². The number of halogens is 1. The van der Waals surface area contributed by atoms with Crippen LogP contribution in [0.3, 0.4) is 0 Å². The maximum absolute atomic E-state index is 13.9. The average molecular weight is 468 g/mol. The van der Waals surface area contributed by atoms with E-state index in [9.17, 15) is 9.18 Å². The predicted molar refractivity (Wildman–Crippen MR) is 126 cm³/mol. The lowest BCUT2D eigenvalue weighted by molar-refractivity contribution is -0.00595. The molecule has 4 aromatic rings. The fourth-order valence-electron chi connectivity index (χ4n) is 4.92. The van der Waals surface area contributed by atoms with Gasteiger partial charge in [-0.3, -0.25) is 14.8 Å². The molecule has 4 heterocycles. The number of pyridine rings is 1. The Morgan fingerprint density at radius 1 is 1.03 bits per heavy atom. The number of rotatable bonds is 4. The lowest BCUT2D eigenvalue weighted by Crippen LogP contribution is -2.42. The van der Waals surface area contributed by atoms with Crippen LogP contribution in [0.2, 0.25) is 0 Å². The van der Waals surface area contributed by atoms with Crippen LogP contribution in [-0.4, -0.2) is 44.0 Å². The molecule has 2 atom stereocenters. The van der Waals surface area contributed by atoms with Crippen LogP contribution in [0.25, 0.3) is 11.4 Å². The van der Waals surface area contributed by atoms with Gasteiger partial charge >= 0.3 is 0 Å². The second kappa shape index (κ2) is 8.88. The molecule has 7 nitrogen and oxygen atoms in total. The van der Waals surface area contributed by atoms with Crippen LogP contribution < -0.4 is 4.74 Å². The monoisotopic (exact) mass is 467 g/mol. The lowest BCUT2D eigenvalue weighted by Gasteiger charge is -2.35. The summed E-state index contributed by atoms with van der Waals surface area (Å²) in [6.07, 6.45) is 6.66. The molecule has 0 aliphatic carbocycles. The van der Waals surface area contributed by atoms with Crippen molar-refractivity contribution in [1.82, 2.24) is 25.0 Å². The molecule has 8 heteroatoms. The number of benzene rings is 2. The lowest BCUT2D eigenvalue weighted by atomic mass is 9.91. The SMILES string of the molecule is O=C(c1cccnc1)N1C[C@@H]2COc3cc(F)ccc3[C@@H]2N1Cc1cccc(-c2ncccn2)c1. The Hall–Kier alpha value is -4.17. The minimum absolute atomic E-state index is 0.0502. The van der Waals surface area contributed by atoms with Crippen LogP contribution >= 0.6 is 0 Å². The molecule has 1 amide bonds. The van der Waals surface area contributed by atoms with Gasteiger partial charge in [0, 0.05) is 61.0 Å². The standard InChI is InChI=1S/C27H22FN5O2/c28-22-7-8-23-24(13-22)35-17-21-16-33(27(34)20-6-2-9-29-14-20)32(25(21)23)15-18-4-1-5-19(12-18)26-30-10-3-11-31-26/h1-14,21,25H,15-17H2/t21-,25-/m1/s1. The number of carbonyl (C=O) groups is 1. The topological polar surface area (TPSA) is 71.5 Å². The van der Waals surface area contributed by atoms with Gasteiger partial charge in [0.25, 0.3) is 5.91 Å². The molecular weight excluding hydrogens is 445 g/mol. The summed E-state index contributed by atoms with van der Waals surface area (Å²) in [7, 11) is 0. The molecule has 1 saturated heterocycles. The van der Waals surface area contributed by atoms with Crippen molar-refractivity contribution in [3.05, 3.63) is 108 Å². The van der Waals surface area contributed by atoms with E-state index in [1.165, 1.54) is 12.1 Å². The first-order chi connectivity index (χ1) is 17.2. The van der Waals surface area contributed by atoms with Gasteiger partial charge in [0.05, 0.1) is 18.2 Å². The number of amides is 1. The van der Waals surface area contributed by atoms with Crippen molar-refractivity contribution in [3.8, 4) is 17.1 Å². The fourth-order valence-corrected chi connectivity index (χ4v) is 4.92. The van der Waals surface area contributed by atoms with Crippen molar-refractivity contribution in [2.45, 2.75) is 12.6 Å². The quantitative estimate of drug-likeness (QED) is 0.446. The zero-order valence-electron chi connectivity index (χ0n) is 18.8. The second-order valence-corrected chi connectivity index (χ2v) is 8.70. The van der Waals surface area contributed by atoms with Crippen LogP contribution in [0.4, 0.5) is 4.39 Å². The van der Waals surface area contributed by atoms with Crippen molar-refractivity contribution in [2.75, 3.05) is 13.2 Å². The molecule has 174 valence electrons. The van der Waals surface area contributed by atoms with Crippen molar-refractivity contribution >= 4 is 5.91 Å². The molecule has 1 fully saturated rings. The van der Waals surface area contributed by atoms with Crippen LogP contribution in [-0.2, 0) is 6.54 Å². The summed E-state index contributed by atoms with van der Waals surface area (Å²) in [5.74, 6) is 0.751. The minimum Gasteiger partial charge on any atom is -0.493 e. The van der Waals surface area contributed by atoms with Crippen molar-refractivity contribution in [2.24, 2.45) is 5.92 Å². The number of hydrazine groups is 1. The summed E-state index contributed by atoms with van der Waals surface area (Å²) < 4.78 is 19.8. The zero-order valence-corrected chi connectivity index (χ0v) is 18.8. The molecular formula is C27H22FN5O2. The molecule has 0 spiro atoms. The summed E-state index contributed by atoms with van der Waals surface area (Å²) >= 11 is 0. The average Bonchev–Trinajstić information content (AvgIpc) is 3.27. The van der Waals surface area contributed by atoms with Crippen LogP contribution in [0.1, 0.15) is 27.5 Å². The van der Waals surface area contributed by atoms with E-state index in [1.807, 2.05) is 24.3 Å². The first-order valence-corrected chi connectivity index (χ1v) is 11.4. The molecule has 35 heavy (non-hydrogen) atoms. The van der Waals surface area contributed by atoms with Crippen molar-refractivity contribution < 1.29 is 13.9 Å². The van der Waals surface area contributed by atoms with Gasteiger partial charge in [-0.1, -0.05) is 24.3 Å². The molecule has 0 N–H and O–H groups in total. The van der Waals surface area contributed by atoms with E-state index in [2.05, 4.69) is 20.0 Å². The van der Waals surface area contributed by atoms with E-state index >= 15 is 0 Å². The maximum Gasteiger partial charge on any atom is 0.269 e. The normalized spacial score (nSPS) is 19.1. The zero-order chi connectivity index (χ0) is 23.8. The maximum atomic E-state index is 13.9. The molecule has 2 aromatic carbocycles. The fraction of sp³-hybridized carbons (Fsp3) is 0.185. The Morgan fingerprint density at radius 2 is 1.91 bits per heavy atom. The van der Waals surface area contributed by atoms with E-state index in [-0.39, 0.29) is 23.7 Å². The molecule has 6 rings (SSSR count). The van der Waals surface area contributed by atoms with Gasteiger partial charge in [-0.05, 0) is 35.9 Å². The van der Waals surface area contributed by atoms with Crippen LogP contribution in [0.5, 0.6) is 5.75 Å². The first-order valence-electron chi connectivity index (χ1n) is 11.4. The summed E-state index contributed by atoms with van der Waals surface area (Å²) in [6, 6.07) is 17.8. The summed E-state index contributed by atoms with van der Waals surface area (Å²) in [5.41, 5.74) is 3.31. The molecule has 0 bridgehead atoms.